The minimum Gasteiger partial charge on any atom is -0.495 e. The monoisotopic (exact) mass is 303 g/mol. The Bertz CT molecular complexity index is 588. The first kappa shape index (κ1) is 12.5. The van der Waals surface area contributed by atoms with Crippen LogP contribution in [-0.4, -0.2) is 7.11 Å². The summed E-state index contributed by atoms with van der Waals surface area (Å²) >= 11 is 3.38. The average Bonchev–Trinajstić information content (AvgIpc) is 2.42. The van der Waals surface area contributed by atoms with Gasteiger partial charge in [0.15, 0.2) is 0 Å². The number of benzene rings is 2. The smallest absolute Gasteiger partial charge is 0.136 e. The second-order valence-electron chi connectivity index (χ2n) is 3.53. The van der Waals surface area contributed by atoms with Crippen molar-refractivity contribution in [3.63, 3.8) is 0 Å². The molecule has 0 heterocycles. The summed E-state index contributed by atoms with van der Waals surface area (Å²) in [5, 5.41) is 8.70. The van der Waals surface area contributed by atoms with Crippen molar-refractivity contribution in [2.24, 2.45) is 0 Å². The summed E-state index contributed by atoms with van der Waals surface area (Å²) in [6.07, 6.45) is 0. The summed E-state index contributed by atoms with van der Waals surface area (Å²) < 4.78 is 11.7. The van der Waals surface area contributed by atoms with Gasteiger partial charge in [-0.2, -0.15) is 5.26 Å². The van der Waals surface area contributed by atoms with Crippen LogP contribution in [0.1, 0.15) is 5.56 Å². The molecule has 0 fully saturated rings. The lowest BCUT2D eigenvalue weighted by molar-refractivity contribution is 0.406. The summed E-state index contributed by atoms with van der Waals surface area (Å²) in [6.45, 7) is 0. The third-order valence-electron chi connectivity index (χ3n) is 2.34. The maximum atomic E-state index is 8.70. The van der Waals surface area contributed by atoms with Crippen LogP contribution < -0.4 is 9.47 Å². The number of hydrogen-bond donors (Lipinski definition) is 0. The third kappa shape index (κ3) is 2.82. The second kappa shape index (κ2) is 5.56. The van der Waals surface area contributed by atoms with Crippen LogP contribution in [0.2, 0.25) is 0 Å². The van der Waals surface area contributed by atoms with Crippen LogP contribution in [0.25, 0.3) is 0 Å². The normalized spacial score (nSPS) is 9.61. The summed E-state index contributed by atoms with van der Waals surface area (Å²) in [5.74, 6) is 2.07. The average molecular weight is 304 g/mol. The van der Waals surface area contributed by atoms with Crippen LogP contribution in [0.4, 0.5) is 0 Å². The first-order valence-corrected chi connectivity index (χ1v) is 6.04. The van der Waals surface area contributed by atoms with E-state index in [4.69, 9.17) is 14.7 Å². The van der Waals surface area contributed by atoms with Gasteiger partial charge in [0.05, 0.1) is 23.2 Å². The zero-order valence-corrected chi connectivity index (χ0v) is 11.3. The Morgan fingerprint density at radius 3 is 2.33 bits per heavy atom. The number of methoxy groups -OCH3 is 1. The van der Waals surface area contributed by atoms with Crippen molar-refractivity contribution in [3.05, 3.63) is 52.5 Å². The van der Waals surface area contributed by atoms with Crippen LogP contribution in [0.5, 0.6) is 17.2 Å². The van der Waals surface area contributed by atoms with Gasteiger partial charge in [-0.15, -0.1) is 0 Å². The van der Waals surface area contributed by atoms with E-state index in [0.29, 0.717) is 22.8 Å². The summed E-state index contributed by atoms with van der Waals surface area (Å²) in [5.41, 5.74) is 0.607. The molecular weight excluding hydrogens is 294 g/mol. The Kier molecular flexibility index (Phi) is 3.85. The van der Waals surface area contributed by atoms with E-state index in [0.717, 1.165) is 4.47 Å². The number of hydrogen-bond acceptors (Lipinski definition) is 3. The van der Waals surface area contributed by atoms with Crippen LogP contribution >= 0.6 is 15.9 Å². The van der Waals surface area contributed by atoms with Crippen molar-refractivity contribution < 1.29 is 9.47 Å². The van der Waals surface area contributed by atoms with Crippen LogP contribution in [0, 0.1) is 11.3 Å². The number of nitriles is 1. The molecule has 0 unspecified atom stereocenters. The fraction of sp³-hybridized carbons (Fsp3) is 0.0714. The minimum absolute atomic E-state index is 0.607. The molecule has 0 saturated heterocycles. The lowest BCUT2D eigenvalue weighted by atomic mass is 10.2. The SMILES string of the molecule is COc1cc(Oc2ccc(C#N)cc2)ccc1Br. The molecule has 0 N–H and O–H groups in total. The standard InChI is InChI=1S/C14H10BrNO2/c1-17-14-8-12(6-7-13(14)15)18-11-4-2-10(9-16)3-5-11/h2-8H,1H3. The molecule has 4 heteroatoms. The van der Waals surface area contributed by atoms with E-state index in [2.05, 4.69) is 22.0 Å². The molecule has 0 atom stereocenters. The Balaban J connectivity index is 2.20. The summed E-state index contributed by atoms with van der Waals surface area (Å²) in [4.78, 5) is 0. The Morgan fingerprint density at radius 2 is 1.72 bits per heavy atom. The maximum absolute atomic E-state index is 8.70. The maximum Gasteiger partial charge on any atom is 0.136 e. The van der Waals surface area contributed by atoms with Gasteiger partial charge in [-0.1, -0.05) is 0 Å². The highest BCUT2D eigenvalue weighted by molar-refractivity contribution is 9.10. The van der Waals surface area contributed by atoms with Gasteiger partial charge in [-0.3, -0.25) is 0 Å². The van der Waals surface area contributed by atoms with Gasteiger partial charge in [0, 0.05) is 6.07 Å². The van der Waals surface area contributed by atoms with Crippen molar-refractivity contribution in [3.8, 4) is 23.3 Å². The van der Waals surface area contributed by atoms with Crippen molar-refractivity contribution in [1.82, 2.24) is 0 Å². The Labute approximate surface area is 114 Å². The van der Waals surface area contributed by atoms with Gasteiger partial charge in [-0.05, 0) is 52.3 Å². The van der Waals surface area contributed by atoms with E-state index in [1.54, 1.807) is 37.4 Å². The highest BCUT2D eigenvalue weighted by Gasteiger charge is 2.03. The molecule has 0 bridgehead atoms. The molecular formula is C14H10BrNO2. The molecule has 0 saturated carbocycles. The van der Waals surface area contributed by atoms with Crippen molar-refractivity contribution in [2.45, 2.75) is 0 Å². The van der Waals surface area contributed by atoms with E-state index in [-0.39, 0.29) is 0 Å². The first-order valence-electron chi connectivity index (χ1n) is 5.24. The van der Waals surface area contributed by atoms with Crippen molar-refractivity contribution in [2.75, 3.05) is 7.11 Å². The molecule has 18 heavy (non-hydrogen) atoms. The molecule has 0 radical (unpaired) electrons. The summed E-state index contributed by atoms with van der Waals surface area (Å²) in [6, 6.07) is 14.5. The summed E-state index contributed by atoms with van der Waals surface area (Å²) in [7, 11) is 1.60. The molecule has 0 aliphatic heterocycles. The van der Waals surface area contributed by atoms with Gasteiger partial charge in [0.1, 0.15) is 17.2 Å². The lowest BCUT2D eigenvalue weighted by Crippen LogP contribution is -1.88. The molecule has 0 spiro atoms. The largest absolute Gasteiger partial charge is 0.495 e. The fourth-order valence-corrected chi connectivity index (χ4v) is 1.85. The number of ether oxygens (including phenoxy) is 2. The van der Waals surface area contributed by atoms with E-state index >= 15 is 0 Å². The molecule has 2 aromatic rings. The van der Waals surface area contributed by atoms with Gasteiger partial charge in [-0.25, -0.2) is 0 Å². The van der Waals surface area contributed by atoms with Gasteiger partial charge in [0.25, 0.3) is 0 Å². The zero-order valence-electron chi connectivity index (χ0n) is 9.68. The molecule has 0 aromatic heterocycles. The quantitative estimate of drug-likeness (QED) is 0.856. The predicted octanol–water partition coefficient (Wildman–Crippen LogP) is 4.12. The van der Waals surface area contributed by atoms with Gasteiger partial charge < -0.3 is 9.47 Å². The zero-order chi connectivity index (χ0) is 13.0. The Morgan fingerprint density at radius 1 is 1.06 bits per heavy atom. The van der Waals surface area contributed by atoms with E-state index in [1.807, 2.05) is 12.1 Å². The number of rotatable bonds is 3. The fourth-order valence-electron chi connectivity index (χ4n) is 1.44. The van der Waals surface area contributed by atoms with Crippen molar-refractivity contribution in [1.29, 1.82) is 5.26 Å². The van der Waals surface area contributed by atoms with Crippen LogP contribution in [-0.2, 0) is 0 Å². The Hall–Kier alpha value is -1.99. The molecule has 0 amide bonds. The number of nitrogens with zero attached hydrogens (tertiary/aromatic N) is 1. The molecule has 3 nitrogen and oxygen atoms in total. The van der Waals surface area contributed by atoms with E-state index < -0.39 is 0 Å². The predicted molar refractivity (Wildman–Crippen MR) is 71.9 cm³/mol. The molecule has 2 rings (SSSR count). The highest BCUT2D eigenvalue weighted by atomic mass is 79.9. The first-order chi connectivity index (χ1) is 8.72. The minimum atomic E-state index is 0.607. The second-order valence-corrected chi connectivity index (χ2v) is 4.39. The topological polar surface area (TPSA) is 42.2 Å². The third-order valence-corrected chi connectivity index (χ3v) is 3.00. The van der Waals surface area contributed by atoms with Crippen LogP contribution in [0.3, 0.4) is 0 Å². The number of halogens is 1. The lowest BCUT2D eigenvalue weighted by Gasteiger charge is -2.08. The van der Waals surface area contributed by atoms with Gasteiger partial charge in [0.2, 0.25) is 0 Å². The van der Waals surface area contributed by atoms with E-state index in [9.17, 15) is 0 Å². The molecule has 0 aliphatic carbocycles. The van der Waals surface area contributed by atoms with Crippen molar-refractivity contribution >= 4 is 15.9 Å². The van der Waals surface area contributed by atoms with Crippen LogP contribution in [0.15, 0.2) is 46.9 Å². The molecule has 0 aliphatic rings. The molecule has 90 valence electrons. The van der Waals surface area contributed by atoms with E-state index in [1.165, 1.54) is 0 Å². The molecule has 2 aromatic carbocycles. The van der Waals surface area contributed by atoms with Gasteiger partial charge >= 0.3 is 0 Å². The highest BCUT2D eigenvalue weighted by Crippen LogP contribution is 2.31.